The molecule has 5 nitrogen and oxygen atoms in total. The molecule has 1 heterocycles. The average Bonchev–Trinajstić information content (AvgIpc) is 3.15. The molecule has 6 heteroatoms. The SMILES string of the molecule is CC[NH+](CC)CCN(C(=O)c1cccc(OC)c1)c1nc2cc(C)cc(C)c2s1. The molecule has 0 unspecified atom stereocenters. The van der Waals surface area contributed by atoms with E-state index < -0.39 is 0 Å². The van der Waals surface area contributed by atoms with Gasteiger partial charge in [0.2, 0.25) is 0 Å². The number of carbonyl (C=O) groups is 1. The molecule has 0 aliphatic carbocycles. The van der Waals surface area contributed by atoms with Crippen LogP contribution < -0.4 is 14.5 Å². The predicted molar refractivity (Wildman–Crippen MR) is 121 cm³/mol. The Kier molecular flexibility index (Phi) is 6.87. The lowest BCUT2D eigenvalue weighted by atomic mass is 10.1. The lowest BCUT2D eigenvalue weighted by Gasteiger charge is -2.23. The van der Waals surface area contributed by atoms with Crippen LogP contribution in [-0.4, -0.2) is 44.2 Å². The molecule has 154 valence electrons. The predicted octanol–water partition coefficient (Wildman–Crippen LogP) is 3.49. The monoisotopic (exact) mass is 412 g/mol. The fourth-order valence-corrected chi connectivity index (χ4v) is 4.59. The normalized spacial score (nSPS) is 11.2. The molecule has 1 N–H and O–H groups in total. The van der Waals surface area contributed by atoms with Gasteiger partial charge in [0.1, 0.15) is 5.75 Å². The highest BCUT2D eigenvalue weighted by molar-refractivity contribution is 7.22. The summed E-state index contributed by atoms with van der Waals surface area (Å²) in [6.45, 7) is 12.1. The number of carbonyl (C=O) groups excluding carboxylic acids is 1. The van der Waals surface area contributed by atoms with Crippen LogP contribution in [0, 0.1) is 13.8 Å². The molecule has 0 radical (unpaired) electrons. The van der Waals surface area contributed by atoms with Crippen molar-refractivity contribution in [2.45, 2.75) is 27.7 Å². The fraction of sp³-hybridized carbons (Fsp3) is 0.391. The van der Waals surface area contributed by atoms with E-state index in [9.17, 15) is 4.79 Å². The maximum absolute atomic E-state index is 13.5. The van der Waals surface area contributed by atoms with Crippen molar-refractivity contribution in [3.63, 3.8) is 0 Å². The lowest BCUT2D eigenvalue weighted by Crippen LogP contribution is -3.12. The maximum atomic E-state index is 13.5. The van der Waals surface area contributed by atoms with Gasteiger partial charge in [0, 0.05) is 5.56 Å². The lowest BCUT2D eigenvalue weighted by molar-refractivity contribution is -0.894. The van der Waals surface area contributed by atoms with Crippen molar-refractivity contribution in [3.05, 3.63) is 53.1 Å². The van der Waals surface area contributed by atoms with Gasteiger partial charge in [-0.05, 0) is 63.1 Å². The summed E-state index contributed by atoms with van der Waals surface area (Å²) in [4.78, 5) is 21.6. The Balaban J connectivity index is 2.00. The molecular formula is C23H30N3O2S+. The Morgan fingerprint density at radius 3 is 2.62 bits per heavy atom. The Labute approximate surface area is 176 Å². The van der Waals surface area contributed by atoms with Gasteiger partial charge in [0.15, 0.2) is 5.13 Å². The summed E-state index contributed by atoms with van der Waals surface area (Å²) in [5.74, 6) is 0.643. The van der Waals surface area contributed by atoms with Gasteiger partial charge in [-0.15, -0.1) is 0 Å². The van der Waals surface area contributed by atoms with Crippen LogP contribution in [0.4, 0.5) is 5.13 Å². The van der Waals surface area contributed by atoms with Crippen LogP contribution in [0.5, 0.6) is 5.75 Å². The maximum Gasteiger partial charge on any atom is 0.260 e. The standard InChI is InChI=1S/C23H29N3O2S/c1-6-25(7-2)11-12-26(22(27)18-9-8-10-19(15-18)28-5)23-24-20-14-16(3)13-17(4)21(20)29-23/h8-10,13-15H,6-7,11-12H2,1-5H3/p+1. The second-order valence-electron chi connectivity index (χ2n) is 7.32. The first-order valence-electron chi connectivity index (χ1n) is 10.1. The van der Waals surface area contributed by atoms with Crippen molar-refractivity contribution in [1.82, 2.24) is 4.98 Å². The van der Waals surface area contributed by atoms with Crippen LogP contribution in [0.2, 0.25) is 0 Å². The molecular weight excluding hydrogens is 382 g/mol. The van der Waals surface area contributed by atoms with Crippen LogP contribution in [0.1, 0.15) is 35.3 Å². The summed E-state index contributed by atoms with van der Waals surface area (Å²) >= 11 is 1.59. The number of nitrogens with one attached hydrogen (secondary N) is 1. The first kappa shape index (κ1) is 21.3. The van der Waals surface area contributed by atoms with E-state index in [1.165, 1.54) is 16.0 Å². The Morgan fingerprint density at radius 1 is 1.17 bits per heavy atom. The second kappa shape index (κ2) is 9.37. The van der Waals surface area contributed by atoms with E-state index in [0.29, 0.717) is 17.9 Å². The number of anilines is 1. The minimum absolute atomic E-state index is 0.0381. The molecule has 0 spiro atoms. The number of hydrogen-bond acceptors (Lipinski definition) is 4. The van der Waals surface area contributed by atoms with Crippen LogP contribution in [0.15, 0.2) is 36.4 Å². The molecule has 0 atom stereocenters. The summed E-state index contributed by atoms with van der Waals surface area (Å²) in [5, 5.41) is 0.757. The molecule has 0 fully saturated rings. The van der Waals surface area contributed by atoms with Gasteiger partial charge in [0.05, 0.1) is 43.5 Å². The number of fused-ring (bicyclic) bond motifs is 1. The molecule has 0 saturated heterocycles. The van der Waals surface area contributed by atoms with Crippen LogP contribution in [-0.2, 0) is 0 Å². The number of aryl methyl sites for hydroxylation is 2. The van der Waals surface area contributed by atoms with Crippen molar-refractivity contribution in [2.24, 2.45) is 0 Å². The van der Waals surface area contributed by atoms with Crippen molar-refractivity contribution in [3.8, 4) is 5.75 Å². The number of aromatic nitrogens is 1. The van der Waals surface area contributed by atoms with E-state index in [1.54, 1.807) is 24.5 Å². The van der Waals surface area contributed by atoms with Gasteiger partial charge in [-0.25, -0.2) is 4.98 Å². The fourth-order valence-electron chi connectivity index (χ4n) is 3.55. The van der Waals surface area contributed by atoms with E-state index in [1.807, 2.05) is 23.1 Å². The minimum atomic E-state index is -0.0381. The number of nitrogens with zero attached hydrogens (tertiary/aromatic N) is 2. The van der Waals surface area contributed by atoms with Gasteiger partial charge in [0.25, 0.3) is 5.91 Å². The molecule has 1 amide bonds. The summed E-state index contributed by atoms with van der Waals surface area (Å²) in [7, 11) is 1.61. The van der Waals surface area contributed by atoms with Gasteiger partial charge in [-0.1, -0.05) is 23.5 Å². The number of thiazole rings is 1. The number of quaternary nitrogens is 1. The number of methoxy groups -OCH3 is 1. The molecule has 3 aromatic rings. The first-order chi connectivity index (χ1) is 14.0. The first-order valence-corrected chi connectivity index (χ1v) is 11.0. The third-order valence-corrected chi connectivity index (χ3v) is 6.52. The van der Waals surface area contributed by atoms with Gasteiger partial charge in [-0.3, -0.25) is 9.69 Å². The summed E-state index contributed by atoms with van der Waals surface area (Å²) < 4.78 is 6.46. The molecule has 1 aromatic heterocycles. The van der Waals surface area contributed by atoms with Crippen LogP contribution in [0.25, 0.3) is 10.2 Å². The van der Waals surface area contributed by atoms with E-state index in [0.717, 1.165) is 35.0 Å². The quantitative estimate of drug-likeness (QED) is 0.616. The van der Waals surface area contributed by atoms with Crippen LogP contribution in [0.3, 0.4) is 0 Å². The highest BCUT2D eigenvalue weighted by Gasteiger charge is 2.23. The molecule has 0 aliphatic heterocycles. The summed E-state index contributed by atoms with van der Waals surface area (Å²) in [5.41, 5.74) is 3.96. The highest BCUT2D eigenvalue weighted by atomic mass is 32.1. The number of amides is 1. The summed E-state index contributed by atoms with van der Waals surface area (Å²) in [6.07, 6.45) is 0. The van der Waals surface area contributed by atoms with E-state index in [4.69, 9.17) is 9.72 Å². The van der Waals surface area contributed by atoms with Gasteiger partial charge in [-0.2, -0.15) is 0 Å². The van der Waals surface area contributed by atoms with Gasteiger partial charge >= 0.3 is 0 Å². The molecule has 0 aliphatic rings. The minimum Gasteiger partial charge on any atom is -0.497 e. The van der Waals surface area contributed by atoms with Crippen LogP contribution >= 0.6 is 11.3 Å². The Hall–Kier alpha value is -2.44. The number of likely N-dealkylation sites (N-methyl/N-ethyl adjacent to an activating group) is 1. The molecule has 2 aromatic carbocycles. The second-order valence-corrected chi connectivity index (χ2v) is 8.30. The third kappa shape index (κ3) is 4.77. The van der Waals surface area contributed by atoms with E-state index in [-0.39, 0.29) is 5.91 Å². The Bertz CT molecular complexity index is 995. The highest BCUT2D eigenvalue weighted by Crippen LogP contribution is 2.32. The number of benzene rings is 2. The van der Waals surface area contributed by atoms with Crippen molar-refractivity contribution < 1.29 is 14.4 Å². The molecule has 0 saturated carbocycles. The smallest absolute Gasteiger partial charge is 0.260 e. The summed E-state index contributed by atoms with van der Waals surface area (Å²) in [6, 6.07) is 11.6. The van der Waals surface area contributed by atoms with Crippen molar-refractivity contribution in [2.75, 3.05) is 38.2 Å². The number of hydrogen-bond donors (Lipinski definition) is 1. The van der Waals surface area contributed by atoms with E-state index in [2.05, 4.69) is 39.8 Å². The number of ether oxygens (including phenoxy) is 1. The zero-order chi connectivity index (χ0) is 21.0. The van der Waals surface area contributed by atoms with Crippen molar-refractivity contribution >= 4 is 32.6 Å². The zero-order valence-electron chi connectivity index (χ0n) is 17.9. The topological polar surface area (TPSA) is 46.9 Å². The average molecular weight is 413 g/mol. The largest absolute Gasteiger partial charge is 0.497 e. The van der Waals surface area contributed by atoms with Gasteiger partial charge < -0.3 is 9.64 Å². The zero-order valence-corrected chi connectivity index (χ0v) is 18.7. The van der Waals surface area contributed by atoms with Crippen molar-refractivity contribution in [1.29, 1.82) is 0 Å². The molecule has 29 heavy (non-hydrogen) atoms. The van der Waals surface area contributed by atoms with E-state index >= 15 is 0 Å². The number of rotatable bonds is 8. The Morgan fingerprint density at radius 2 is 1.93 bits per heavy atom. The molecule has 0 bridgehead atoms. The molecule has 3 rings (SSSR count). The third-order valence-electron chi connectivity index (χ3n) is 5.29.